The van der Waals surface area contributed by atoms with Crippen molar-refractivity contribution in [2.24, 2.45) is 0 Å². The third-order valence-corrected chi connectivity index (χ3v) is 4.86. The Morgan fingerprint density at radius 1 is 1.19 bits per heavy atom. The number of rotatable bonds is 4. The number of aromatic amines is 1. The molecule has 0 aliphatic heterocycles. The van der Waals surface area contributed by atoms with Gasteiger partial charge >= 0.3 is 0 Å². The summed E-state index contributed by atoms with van der Waals surface area (Å²) in [7, 11) is 0. The van der Waals surface area contributed by atoms with Crippen LogP contribution in [-0.2, 0) is 5.75 Å². The van der Waals surface area contributed by atoms with Gasteiger partial charge in [-0.15, -0.1) is 10.2 Å². The molecule has 0 saturated heterocycles. The Labute approximate surface area is 157 Å². The van der Waals surface area contributed by atoms with Crippen molar-refractivity contribution in [3.8, 4) is 11.5 Å². The molecule has 0 aliphatic carbocycles. The van der Waals surface area contributed by atoms with E-state index in [9.17, 15) is 4.79 Å². The first kappa shape index (κ1) is 16.8. The zero-order valence-corrected chi connectivity index (χ0v) is 15.3. The molecule has 0 unspecified atom stereocenters. The van der Waals surface area contributed by atoms with Crippen molar-refractivity contribution in [1.82, 2.24) is 20.2 Å². The number of aromatic nitrogens is 4. The van der Waals surface area contributed by atoms with E-state index in [4.69, 9.17) is 16.0 Å². The molecule has 2 aromatic heterocycles. The number of aryl methyl sites for hydroxylation is 1. The minimum Gasteiger partial charge on any atom is -0.411 e. The zero-order valence-electron chi connectivity index (χ0n) is 13.7. The van der Waals surface area contributed by atoms with Gasteiger partial charge in [-0.2, -0.15) is 0 Å². The summed E-state index contributed by atoms with van der Waals surface area (Å²) in [4.78, 5) is 19.6. The number of thioether (sulfide) groups is 1. The van der Waals surface area contributed by atoms with Gasteiger partial charge in [0, 0.05) is 10.6 Å². The Balaban J connectivity index is 1.56. The van der Waals surface area contributed by atoms with Crippen molar-refractivity contribution in [1.29, 1.82) is 0 Å². The van der Waals surface area contributed by atoms with E-state index in [0.717, 1.165) is 11.1 Å². The van der Waals surface area contributed by atoms with Gasteiger partial charge in [-0.1, -0.05) is 41.6 Å². The lowest BCUT2D eigenvalue weighted by atomic mass is 10.1. The number of halogens is 1. The van der Waals surface area contributed by atoms with E-state index < -0.39 is 0 Å². The predicted octanol–water partition coefficient (Wildman–Crippen LogP) is 4.23. The number of nitrogens with zero attached hydrogens (tertiary/aromatic N) is 3. The number of para-hydroxylation sites is 1. The van der Waals surface area contributed by atoms with E-state index in [0.29, 0.717) is 38.6 Å². The van der Waals surface area contributed by atoms with Crippen LogP contribution in [0.1, 0.15) is 11.4 Å². The Morgan fingerprint density at radius 3 is 2.88 bits per heavy atom. The van der Waals surface area contributed by atoms with Crippen LogP contribution < -0.4 is 5.56 Å². The molecule has 0 spiro atoms. The third-order valence-electron chi connectivity index (χ3n) is 3.80. The van der Waals surface area contributed by atoms with Crippen molar-refractivity contribution in [2.75, 3.05) is 0 Å². The van der Waals surface area contributed by atoms with Gasteiger partial charge in [0.25, 0.3) is 10.8 Å². The van der Waals surface area contributed by atoms with E-state index >= 15 is 0 Å². The standard InChI is InChI=1S/C18H13ClN4O2S/c1-10-4-2-7-13-15(10)20-14(21-16(13)24)9-26-18-23-22-17(25-18)11-5-3-6-12(19)8-11/h2-8H,9H2,1H3,(H,20,21,24). The second-order valence-electron chi connectivity index (χ2n) is 5.66. The van der Waals surface area contributed by atoms with Gasteiger partial charge in [0.1, 0.15) is 5.82 Å². The van der Waals surface area contributed by atoms with E-state index in [-0.39, 0.29) is 5.56 Å². The molecular formula is C18H13ClN4O2S. The topological polar surface area (TPSA) is 84.7 Å². The molecule has 0 bridgehead atoms. The van der Waals surface area contributed by atoms with Crippen LogP contribution in [0.4, 0.5) is 0 Å². The number of fused-ring (bicyclic) bond motifs is 1. The first-order valence-electron chi connectivity index (χ1n) is 7.81. The fourth-order valence-corrected chi connectivity index (χ4v) is 3.38. The molecule has 8 heteroatoms. The highest BCUT2D eigenvalue weighted by atomic mass is 35.5. The normalized spacial score (nSPS) is 11.2. The van der Waals surface area contributed by atoms with Gasteiger partial charge in [-0.05, 0) is 36.8 Å². The van der Waals surface area contributed by atoms with E-state index in [1.165, 1.54) is 11.8 Å². The van der Waals surface area contributed by atoms with Crippen LogP contribution in [-0.4, -0.2) is 20.2 Å². The van der Waals surface area contributed by atoms with Crippen molar-refractivity contribution < 1.29 is 4.42 Å². The summed E-state index contributed by atoms with van der Waals surface area (Å²) in [6.45, 7) is 1.93. The number of hydrogen-bond donors (Lipinski definition) is 1. The molecule has 0 fully saturated rings. The maximum Gasteiger partial charge on any atom is 0.277 e. The summed E-state index contributed by atoms with van der Waals surface area (Å²) in [5.74, 6) is 1.37. The number of nitrogens with one attached hydrogen (secondary N) is 1. The predicted molar refractivity (Wildman–Crippen MR) is 101 cm³/mol. The minimum atomic E-state index is -0.153. The van der Waals surface area contributed by atoms with Gasteiger partial charge in [0.2, 0.25) is 5.89 Å². The van der Waals surface area contributed by atoms with Crippen LogP contribution in [0.5, 0.6) is 0 Å². The molecule has 130 valence electrons. The SMILES string of the molecule is Cc1cccc2c(=O)[nH]c(CSc3nnc(-c4cccc(Cl)c4)o3)nc12. The molecule has 1 N–H and O–H groups in total. The van der Waals surface area contributed by atoms with E-state index in [1.54, 1.807) is 18.2 Å². The molecular weight excluding hydrogens is 372 g/mol. The maximum absolute atomic E-state index is 12.2. The molecule has 0 amide bonds. The third kappa shape index (κ3) is 3.36. The Hall–Kier alpha value is -2.64. The van der Waals surface area contributed by atoms with Crippen molar-refractivity contribution in [3.63, 3.8) is 0 Å². The quantitative estimate of drug-likeness (QED) is 0.530. The highest BCUT2D eigenvalue weighted by Crippen LogP contribution is 2.26. The number of H-pyrrole nitrogens is 1. The molecule has 26 heavy (non-hydrogen) atoms. The molecule has 2 aromatic carbocycles. The Bertz CT molecular complexity index is 1160. The summed E-state index contributed by atoms with van der Waals surface area (Å²) < 4.78 is 5.65. The van der Waals surface area contributed by atoms with Crippen molar-refractivity contribution >= 4 is 34.3 Å². The van der Waals surface area contributed by atoms with Crippen LogP contribution in [0.15, 0.2) is 56.9 Å². The second kappa shape index (κ2) is 6.93. The lowest BCUT2D eigenvalue weighted by Crippen LogP contribution is -2.11. The van der Waals surface area contributed by atoms with Crippen LogP contribution in [0.25, 0.3) is 22.4 Å². The average Bonchev–Trinajstić information content (AvgIpc) is 3.10. The van der Waals surface area contributed by atoms with Gasteiger partial charge in [0.05, 0.1) is 16.7 Å². The van der Waals surface area contributed by atoms with E-state index in [2.05, 4.69) is 20.2 Å². The van der Waals surface area contributed by atoms with Crippen molar-refractivity contribution in [2.45, 2.75) is 17.9 Å². The highest BCUT2D eigenvalue weighted by molar-refractivity contribution is 7.98. The molecule has 0 radical (unpaired) electrons. The van der Waals surface area contributed by atoms with Crippen LogP contribution in [0.2, 0.25) is 5.02 Å². The van der Waals surface area contributed by atoms with Crippen LogP contribution in [0.3, 0.4) is 0 Å². The summed E-state index contributed by atoms with van der Waals surface area (Å²) in [6.07, 6.45) is 0. The van der Waals surface area contributed by atoms with Crippen LogP contribution in [0, 0.1) is 6.92 Å². The zero-order chi connectivity index (χ0) is 18.1. The molecule has 6 nitrogen and oxygen atoms in total. The fourth-order valence-electron chi connectivity index (χ4n) is 2.56. The van der Waals surface area contributed by atoms with Gasteiger partial charge in [-0.3, -0.25) is 4.79 Å². The summed E-state index contributed by atoms with van der Waals surface area (Å²) >= 11 is 7.29. The average molecular weight is 385 g/mol. The first-order chi connectivity index (χ1) is 12.6. The Kier molecular flexibility index (Phi) is 4.48. The largest absolute Gasteiger partial charge is 0.411 e. The summed E-state index contributed by atoms with van der Waals surface area (Å²) in [6, 6.07) is 12.7. The lowest BCUT2D eigenvalue weighted by Gasteiger charge is -2.03. The summed E-state index contributed by atoms with van der Waals surface area (Å²) in [5, 5.41) is 9.64. The Morgan fingerprint density at radius 2 is 2.04 bits per heavy atom. The molecule has 0 atom stereocenters. The van der Waals surface area contributed by atoms with Gasteiger partial charge in [0.15, 0.2) is 0 Å². The fraction of sp³-hybridized carbons (Fsp3) is 0.111. The smallest absolute Gasteiger partial charge is 0.277 e. The van der Waals surface area contributed by atoms with Gasteiger partial charge in [-0.25, -0.2) is 4.98 Å². The molecule has 4 aromatic rings. The molecule has 0 saturated carbocycles. The summed E-state index contributed by atoms with van der Waals surface area (Å²) in [5.41, 5.74) is 2.27. The van der Waals surface area contributed by atoms with E-state index in [1.807, 2.05) is 31.2 Å². The second-order valence-corrected chi connectivity index (χ2v) is 7.02. The molecule has 4 rings (SSSR count). The number of hydrogen-bond acceptors (Lipinski definition) is 6. The monoisotopic (exact) mass is 384 g/mol. The molecule has 2 heterocycles. The molecule has 0 aliphatic rings. The van der Waals surface area contributed by atoms with Crippen LogP contribution >= 0.6 is 23.4 Å². The number of benzene rings is 2. The minimum absolute atomic E-state index is 0.153. The highest BCUT2D eigenvalue weighted by Gasteiger charge is 2.11. The first-order valence-corrected chi connectivity index (χ1v) is 9.17. The maximum atomic E-state index is 12.2. The lowest BCUT2D eigenvalue weighted by molar-refractivity contribution is 0.465. The van der Waals surface area contributed by atoms with Crippen molar-refractivity contribution in [3.05, 3.63) is 69.2 Å². The van der Waals surface area contributed by atoms with Gasteiger partial charge < -0.3 is 9.40 Å².